The number of rotatable bonds is 1. The molecule has 0 spiro atoms. The highest BCUT2D eigenvalue weighted by molar-refractivity contribution is 8.01. The first kappa shape index (κ1) is 14.2. The quantitative estimate of drug-likeness (QED) is 0.661. The number of hydrogen-bond donors (Lipinski definition) is 1. The summed E-state index contributed by atoms with van der Waals surface area (Å²) in [6.45, 7) is 2.02. The van der Waals surface area contributed by atoms with Gasteiger partial charge in [-0.25, -0.2) is 0 Å². The van der Waals surface area contributed by atoms with Crippen LogP contribution in [-0.2, 0) is 6.42 Å². The molecule has 0 bridgehead atoms. The molecule has 1 aromatic carbocycles. The van der Waals surface area contributed by atoms with Crippen LogP contribution < -0.4 is 5.56 Å². The molecule has 3 aromatic rings. The van der Waals surface area contributed by atoms with Gasteiger partial charge in [0.25, 0.3) is 5.56 Å². The minimum Gasteiger partial charge on any atom is -0.323 e. The van der Waals surface area contributed by atoms with E-state index in [1.807, 2.05) is 43.0 Å². The number of H-pyrrole nitrogens is 1. The summed E-state index contributed by atoms with van der Waals surface area (Å²) in [4.78, 5) is 17.2. The molecule has 0 saturated carbocycles. The fraction of sp³-hybridized carbons (Fsp3) is 0.250. The molecule has 3 heterocycles. The normalized spacial score (nSPS) is 14.2. The van der Waals surface area contributed by atoms with Gasteiger partial charge in [0.05, 0.1) is 15.3 Å². The van der Waals surface area contributed by atoms with Crippen LogP contribution in [0.2, 0.25) is 0 Å². The predicted molar refractivity (Wildman–Crippen MR) is 96.4 cm³/mol. The Bertz CT molecular complexity index is 997. The smallest absolute Gasteiger partial charge is 0.267 e. The number of aromatic amines is 1. The zero-order valence-corrected chi connectivity index (χ0v) is 14.5. The number of nitrogens with one attached hydrogen (secondary N) is 1. The fourth-order valence-electron chi connectivity index (χ4n) is 2.87. The summed E-state index contributed by atoms with van der Waals surface area (Å²) in [6.07, 6.45) is 2.11. The Balaban J connectivity index is 2.08. The van der Waals surface area contributed by atoms with E-state index in [2.05, 4.69) is 4.98 Å². The first-order valence-corrected chi connectivity index (χ1v) is 9.37. The first-order valence-electron chi connectivity index (χ1n) is 7.16. The van der Waals surface area contributed by atoms with Gasteiger partial charge >= 0.3 is 0 Å². The summed E-state index contributed by atoms with van der Waals surface area (Å²) >= 11 is 8.95. The van der Waals surface area contributed by atoms with Crippen LogP contribution in [-0.4, -0.2) is 15.3 Å². The largest absolute Gasteiger partial charge is 0.323 e. The number of aromatic nitrogens is 2. The van der Waals surface area contributed by atoms with Crippen LogP contribution >= 0.6 is 35.3 Å². The van der Waals surface area contributed by atoms with E-state index in [4.69, 9.17) is 12.2 Å². The average molecular weight is 347 g/mol. The number of nitrogens with zero attached hydrogens (tertiary/aromatic N) is 1. The van der Waals surface area contributed by atoms with Gasteiger partial charge in [0, 0.05) is 0 Å². The van der Waals surface area contributed by atoms with Gasteiger partial charge in [-0.2, -0.15) is 0 Å². The zero-order chi connectivity index (χ0) is 15.3. The molecule has 1 aliphatic rings. The standard InChI is InChI=1S/C16H14N2OS3/c1-9-4-2-5-10(8-9)18-14(19)12-11-6-3-7-21-15(11)22-13(12)17-16(18)20/h2,4-5,8H,3,6-7H2,1H3,(H,17,20). The van der Waals surface area contributed by atoms with E-state index < -0.39 is 0 Å². The molecule has 0 saturated heterocycles. The maximum absolute atomic E-state index is 13.1. The Morgan fingerprint density at radius 2 is 2.23 bits per heavy atom. The van der Waals surface area contributed by atoms with E-state index in [9.17, 15) is 4.79 Å². The number of benzene rings is 1. The van der Waals surface area contributed by atoms with Gasteiger partial charge in [0.15, 0.2) is 4.77 Å². The lowest BCUT2D eigenvalue weighted by atomic mass is 10.1. The molecule has 1 aliphatic heterocycles. The zero-order valence-electron chi connectivity index (χ0n) is 12.0. The van der Waals surface area contributed by atoms with Crippen molar-refractivity contribution in [2.45, 2.75) is 24.0 Å². The third-order valence-electron chi connectivity index (χ3n) is 3.87. The van der Waals surface area contributed by atoms with Crippen LogP contribution in [0.15, 0.2) is 33.3 Å². The van der Waals surface area contributed by atoms with Gasteiger partial charge in [-0.05, 0) is 61.0 Å². The number of thiophene rings is 1. The highest BCUT2D eigenvalue weighted by atomic mass is 32.2. The van der Waals surface area contributed by atoms with Crippen LogP contribution in [0.3, 0.4) is 0 Å². The lowest BCUT2D eigenvalue weighted by Gasteiger charge is -2.10. The molecule has 0 unspecified atom stereocenters. The predicted octanol–water partition coefficient (Wildman–Crippen LogP) is 4.46. The van der Waals surface area contributed by atoms with Crippen molar-refractivity contribution in [3.05, 3.63) is 50.5 Å². The van der Waals surface area contributed by atoms with E-state index in [0.717, 1.165) is 40.1 Å². The van der Waals surface area contributed by atoms with Gasteiger partial charge in [0.2, 0.25) is 0 Å². The summed E-state index contributed by atoms with van der Waals surface area (Å²) in [5.74, 6) is 1.13. The monoisotopic (exact) mass is 346 g/mol. The summed E-state index contributed by atoms with van der Waals surface area (Å²) in [5, 5.41) is 0.822. The topological polar surface area (TPSA) is 37.8 Å². The van der Waals surface area contributed by atoms with E-state index in [0.29, 0.717) is 4.77 Å². The minimum absolute atomic E-state index is 0.00403. The maximum Gasteiger partial charge on any atom is 0.267 e. The third kappa shape index (κ3) is 2.17. The molecule has 6 heteroatoms. The third-order valence-corrected chi connectivity index (χ3v) is 6.71. The molecular formula is C16H14N2OS3. The number of fused-ring (bicyclic) bond motifs is 3. The van der Waals surface area contributed by atoms with Crippen LogP contribution in [0.25, 0.3) is 15.9 Å². The molecule has 2 aromatic heterocycles. The molecule has 112 valence electrons. The van der Waals surface area contributed by atoms with Gasteiger partial charge < -0.3 is 4.98 Å². The Hall–Kier alpha value is -1.37. The molecule has 22 heavy (non-hydrogen) atoms. The fourth-order valence-corrected chi connectivity index (χ4v) is 5.79. The van der Waals surface area contributed by atoms with Gasteiger partial charge in [-0.15, -0.1) is 23.1 Å². The average Bonchev–Trinajstić information content (AvgIpc) is 2.85. The van der Waals surface area contributed by atoms with Crippen molar-refractivity contribution in [1.29, 1.82) is 0 Å². The summed E-state index contributed by atoms with van der Waals surface area (Å²) in [5.41, 5.74) is 3.15. The summed E-state index contributed by atoms with van der Waals surface area (Å²) in [7, 11) is 0. The van der Waals surface area contributed by atoms with Crippen molar-refractivity contribution < 1.29 is 0 Å². The lowest BCUT2D eigenvalue weighted by Crippen LogP contribution is -2.21. The van der Waals surface area contributed by atoms with Crippen molar-refractivity contribution in [3.63, 3.8) is 0 Å². The summed E-state index contributed by atoms with van der Waals surface area (Å²) in [6, 6.07) is 7.89. The maximum atomic E-state index is 13.1. The number of thioether (sulfide) groups is 1. The Labute approximate surface area is 141 Å². The molecule has 3 nitrogen and oxygen atoms in total. The van der Waals surface area contributed by atoms with Crippen molar-refractivity contribution in [2.24, 2.45) is 0 Å². The van der Waals surface area contributed by atoms with E-state index in [-0.39, 0.29) is 5.56 Å². The molecule has 4 rings (SSSR count). The molecule has 1 N–H and O–H groups in total. The number of hydrogen-bond acceptors (Lipinski definition) is 4. The van der Waals surface area contributed by atoms with Gasteiger partial charge in [0.1, 0.15) is 4.83 Å². The van der Waals surface area contributed by atoms with E-state index in [1.54, 1.807) is 15.9 Å². The molecular weight excluding hydrogens is 332 g/mol. The second kappa shape index (κ2) is 5.37. The SMILES string of the molecule is Cc1cccc(-n2c(=S)[nH]c3sc4c(c3c2=O)CCCS4)c1. The van der Waals surface area contributed by atoms with Crippen molar-refractivity contribution in [2.75, 3.05) is 5.75 Å². The van der Waals surface area contributed by atoms with Crippen LogP contribution in [0.4, 0.5) is 0 Å². The van der Waals surface area contributed by atoms with E-state index in [1.165, 1.54) is 9.77 Å². The molecule has 0 atom stereocenters. The summed E-state index contributed by atoms with van der Waals surface area (Å²) < 4.78 is 3.36. The molecule has 0 radical (unpaired) electrons. The Morgan fingerprint density at radius 1 is 1.36 bits per heavy atom. The second-order valence-electron chi connectivity index (χ2n) is 5.43. The van der Waals surface area contributed by atoms with Crippen molar-refractivity contribution in [3.8, 4) is 5.69 Å². The molecule has 0 fully saturated rings. The number of aryl methyl sites for hydroxylation is 2. The molecule has 0 aliphatic carbocycles. The Morgan fingerprint density at radius 3 is 3.05 bits per heavy atom. The van der Waals surface area contributed by atoms with Crippen LogP contribution in [0, 0.1) is 11.7 Å². The highest BCUT2D eigenvalue weighted by Crippen LogP contribution is 2.40. The first-order chi connectivity index (χ1) is 10.6. The lowest BCUT2D eigenvalue weighted by molar-refractivity contribution is 0.899. The Kier molecular flexibility index (Phi) is 3.47. The second-order valence-corrected chi connectivity index (χ2v) is 8.20. The van der Waals surface area contributed by atoms with E-state index >= 15 is 0 Å². The van der Waals surface area contributed by atoms with Gasteiger partial charge in [-0.3, -0.25) is 9.36 Å². The minimum atomic E-state index is 0.00403. The van der Waals surface area contributed by atoms with Crippen molar-refractivity contribution in [1.82, 2.24) is 9.55 Å². The van der Waals surface area contributed by atoms with Crippen LogP contribution in [0.1, 0.15) is 17.5 Å². The van der Waals surface area contributed by atoms with Gasteiger partial charge in [-0.1, -0.05) is 12.1 Å². The highest BCUT2D eigenvalue weighted by Gasteiger charge is 2.21. The van der Waals surface area contributed by atoms with Crippen LogP contribution in [0.5, 0.6) is 0 Å². The van der Waals surface area contributed by atoms with Crippen molar-refractivity contribution >= 4 is 45.5 Å². The molecule has 0 amide bonds.